The number of aliphatic hydroxyl groups is 1. The average Bonchev–Trinajstić information content (AvgIpc) is 2.76. The summed E-state index contributed by atoms with van der Waals surface area (Å²) in [5.41, 5.74) is 0.879. The van der Waals surface area contributed by atoms with Crippen molar-refractivity contribution in [2.45, 2.75) is 18.6 Å². The van der Waals surface area contributed by atoms with Gasteiger partial charge in [0.15, 0.2) is 0 Å². The van der Waals surface area contributed by atoms with Crippen LogP contribution in [-0.4, -0.2) is 47.6 Å². The number of nitrogens with one attached hydrogen (secondary N) is 1. The molecule has 3 rings (SSSR count). The lowest BCUT2D eigenvalue weighted by Gasteiger charge is -2.19. The second-order valence-electron chi connectivity index (χ2n) is 4.76. The second-order valence-corrected chi connectivity index (χ2v) is 4.76. The van der Waals surface area contributed by atoms with Crippen LogP contribution in [0.4, 0.5) is 5.69 Å². The van der Waals surface area contributed by atoms with Crippen molar-refractivity contribution >= 4 is 17.5 Å². The number of benzene rings is 1. The SMILES string of the molecule is COc1ccc2c(c1)C(=O)N1C[C@H](O)C[C@H]1C(=O)N2. The van der Waals surface area contributed by atoms with Gasteiger partial charge in [-0.2, -0.15) is 0 Å². The third-order valence-electron chi connectivity index (χ3n) is 3.56. The summed E-state index contributed by atoms with van der Waals surface area (Å²) in [6.07, 6.45) is -0.366. The van der Waals surface area contributed by atoms with Gasteiger partial charge >= 0.3 is 0 Å². The van der Waals surface area contributed by atoms with Gasteiger partial charge in [-0.25, -0.2) is 0 Å². The fourth-order valence-corrected chi connectivity index (χ4v) is 2.59. The first kappa shape index (κ1) is 12.0. The standard InChI is InChI=1S/C13H14N2O4/c1-19-8-2-3-10-9(5-8)13(18)15-6-7(16)4-11(15)12(17)14-10/h2-3,5,7,11,16H,4,6H2,1H3,(H,14,17)/t7-,11+/m1/s1. The highest BCUT2D eigenvalue weighted by molar-refractivity contribution is 6.10. The number of nitrogens with zero attached hydrogens (tertiary/aromatic N) is 1. The largest absolute Gasteiger partial charge is 0.497 e. The molecule has 1 saturated heterocycles. The summed E-state index contributed by atoms with van der Waals surface area (Å²) in [5, 5.41) is 12.4. The first-order chi connectivity index (χ1) is 9.10. The smallest absolute Gasteiger partial charge is 0.256 e. The number of hydrogen-bond donors (Lipinski definition) is 2. The summed E-state index contributed by atoms with van der Waals surface area (Å²) < 4.78 is 5.10. The molecule has 2 amide bonds. The molecule has 6 heteroatoms. The number of carbonyl (C=O) groups is 2. The zero-order chi connectivity index (χ0) is 13.6. The number of amides is 2. The number of rotatable bonds is 1. The van der Waals surface area contributed by atoms with E-state index in [0.29, 0.717) is 17.0 Å². The minimum atomic E-state index is -0.646. The van der Waals surface area contributed by atoms with Crippen molar-refractivity contribution in [2.24, 2.45) is 0 Å². The van der Waals surface area contributed by atoms with E-state index in [0.717, 1.165) is 0 Å². The van der Waals surface area contributed by atoms with Crippen LogP contribution < -0.4 is 10.1 Å². The fraction of sp³-hybridized carbons (Fsp3) is 0.385. The molecule has 2 heterocycles. The molecule has 0 saturated carbocycles. The molecule has 0 spiro atoms. The van der Waals surface area contributed by atoms with Gasteiger partial charge in [-0.15, -0.1) is 0 Å². The van der Waals surface area contributed by atoms with E-state index in [1.54, 1.807) is 18.2 Å². The average molecular weight is 262 g/mol. The monoisotopic (exact) mass is 262 g/mol. The summed E-state index contributed by atoms with van der Waals surface area (Å²) in [6.45, 7) is 0.188. The highest BCUT2D eigenvalue weighted by Gasteiger charge is 2.42. The maximum atomic E-state index is 12.4. The van der Waals surface area contributed by atoms with Crippen molar-refractivity contribution in [3.8, 4) is 5.75 Å². The Labute approximate surface area is 110 Å². The van der Waals surface area contributed by atoms with E-state index in [2.05, 4.69) is 5.32 Å². The Hall–Kier alpha value is -2.08. The van der Waals surface area contributed by atoms with Crippen LogP contribution in [-0.2, 0) is 4.79 Å². The zero-order valence-corrected chi connectivity index (χ0v) is 10.4. The maximum Gasteiger partial charge on any atom is 0.256 e. The summed E-state index contributed by atoms with van der Waals surface area (Å²) in [7, 11) is 1.52. The number of fused-ring (bicyclic) bond motifs is 2. The van der Waals surface area contributed by atoms with E-state index in [1.807, 2.05) is 0 Å². The van der Waals surface area contributed by atoms with Gasteiger partial charge < -0.3 is 20.1 Å². The molecule has 19 heavy (non-hydrogen) atoms. The molecule has 2 aliphatic rings. The van der Waals surface area contributed by atoms with Gasteiger partial charge in [-0.1, -0.05) is 0 Å². The molecule has 0 unspecified atom stereocenters. The Morgan fingerprint density at radius 2 is 2.21 bits per heavy atom. The molecule has 0 aromatic heterocycles. The van der Waals surface area contributed by atoms with Gasteiger partial charge in [-0.05, 0) is 18.2 Å². The lowest BCUT2D eigenvalue weighted by molar-refractivity contribution is -0.119. The Bertz CT molecular complexity index is 558. The van der Waals surface area contributed by atoms with Crippen LogP contribution in [0.25, 0.3) is 0 Å². The van der Waals surface area contributed by atoms with E-state index >= 15 is 0 Å². The van der Waals surface area contributed by atoms with Gasteiger partial charge in [0.1, 0.15) is 11.8 Å². The molecule has 0 bridgehead atoms. The molecule has 2 atom stereocenters. The molecule has 2 aliphatic heterocycles. The Morgan fingerprint density at radius 3 is 2.95 bits per heavy atom. The van der Waals surface area contributed by atoms with Crippen molar-refractivity contribution in [1.82, 2.24) is 4.90 Å². The van der Waals surface area contributed by atoms with E-state index in [1.165, 1.54) is 12.0 Å². The molecule has 2 N–H and O–H groups in total. The molecule has 0 radical (unpaired) electrons. The molecular weight excluding hydrogens is 248 g/mol. The summed E-state index contributed by atoms with van der Waals surface area (Å²) in [6, 6.07) is 4.35. The minimum Gasteiger partial charge on any atom is -0.497 e. The number of methoxy groups -OCH3 is 1. The minimum absolute atomic E-state index is 0.188. The van der Waals surface area contributed by atoms with Crippen LogP contribution in [0.15, 0.2) is 18.2 Å². The molecule has 1 aromatic rings. The van der Waals surface area contributed by atoms with Gasteiger partial charge in [0, 0.05) is 13.0 Å². The summed E-state index contributed by atoms with van der Waals surface area (Å²) >= 11 is 0. The Balaban J connectivity index is 2.07. The predicted molar refractivity (Wildman–Crippen MR) is 67.1 cm³/mol. The quantitative estimate of drug-likeness (QED) is 0.759. The van der Waals surface area contributed by atoms with Crippen LogP contribution in [0.2, 0.25) is 0 Å². The van der Waals surface area contributed by atoms with Crippen molar-refractivity contribution in [3.63, 3.8) is 0 Å². The Morgan fingerprint density at radius 1 is 1.42 bits per heavy atom. The molecule has 1 fully saturated rings. The fourth-order valence-electron chi connectivity index (χ4n) is 2.59. The van der Waals surface area contributed by atoms with Crippen LogP contribution in [0.5, 0.6) is 5.75 Å². The number of aliphatic hydroxyl groups excluding tert-OH is 1. The lowest BCUT2D eigenvalue weighted by Crippen LogP contribution is -2.40. The van der Waals surface area contributed by atoms with E-state index in [-0.39, 0.29) is 24.8 Å². The van der Waals surface area contributed by atoms with Crippen LogP contribution in [0.3, 0.4) is 0 Å². The summed E-state index contributed by atoms with van der Waals surface area (Å²) in [4.78, 5) is 25.9. The summed E-state index contributed by atoms with van der Waals surface area (Å²) in [5.74, 6) is 0.0437. The van der Waals surface area contributed by atoms with Crippen molar-refractivity contribution in [2.75, 3.05) is 19.0 Å². The lowest BCUT2D eigenvalue weighted by atomic mass is 10.1. The van der Waals surface area contributed by atoms with Crippen molar-refractivity contribution in [3.05, 3.63) is 23.8 Å². The van der Waals surface area contributed by atoms with Crippen LogP contribution in [0, 0.1) is 0 Å². The number of carbonyl (C=O) groups excluding carboxylic acids is 2. The maximum absolute atomic E-state index is 12.4. The van der Waals surface area contributed by atoms with E-state index in [9.17, 15) is 14.7 Å². The van der Waals surface area contributed by atoms with E-state index in [4.69, 9.17) is 4.74 Å². The third-order valence-corrected chi connectivity index (χ3v) is 3.56. The highest BCUT2D eigenvalue weighted by atomic mass is 16.5. The third kappa shape index (κ3) is 1.84. The molecular formula is C13H14N2O4. The predicted octanol–water partition coefficient (Wildman–Crippen LogP) is 0.223. The second kappa shape index (κ2) is 4.24. The van der Waals surface area contributed by atoms with Gasteiger partial charge in [0.2, 0.25) is 5.91 Å². The molecule has 1 aromatic carbocycles. The topological polar surface area (TPSA) is 78.9 Å². The normalized spacial score (nSPS) is 25.5. The van der Waals surface area contributed by atoms with E-state index < -0.39 is 12.1 Å². The first-order valence-corrected chi connectivity index (χ1v) is 6.08. The number of hydrogen-bond acceptors (Lipinski definition) is 4. The number of anilines is 1. The van der Waals surface area contributed by atoms with Crippen LogP contribution in [0.1, 0.15) is 16.8 Å². The molecule has 0 aliphatic carbocycles. The number of ether oxygens (including phenoxy) is 1. The van der Waals surface area contributed by atoms with Crippen molar-refractivity contribution in [1.29, 1.82) is 0 Å². The zero-order valence-electron chi connectivity index (χ0n) is 10.4. The first-order valence-electron chi connectivity index (χ1n) is 6.08. The molecule has 6 nitrogen and oxygen atoms in total. The van der Waals surface area contributed by atoms with Gasteiger partial charge in [0.05, 0.1) is 24.5 Å². The van der Waals surface area contributed by atoms with Crippen molar-refractivity contribution < 1.29 is 19.4 Å². The molecule has 100 valence electrons. The Kier molecular flexibility index (Phi) is 2.67. The van der Waals surface area contributed by atoms with Gasteiger partial charge in [0.25, 0.3) is 5.91 Å². The van der Waals surface area contributed by atoms with Gasteiger partial charge in [-0.3, -0.25) is 9.59 Å². The van der Waals surface area contributed by atoms with Crippen LogP contribution >= 0.6 is 0 Å². The highest BCUT2D eigenvalue weighted by Crippen LogP contribution is 2.31.